The Bertz CT molecular complexity index is 1240. The van der Waals surface area contributed by atoms with Crippen molar-refractivity contribution in [1.29, 1.82) is 0 Å². The maximum absolute atomic E-state index is 5.32. The number of aromatic nitrogens is 2. The number of hydrogen-bond acceptors (Lipinski definition) is 2. The lowest BCUT2D eigenvalue weighted by atomic mass is 9.96. The summed E-state index contributed by atoms with van der Waals surface area (Å²) in [5.74, 6) is 0. The number of fused-ring (bicyclic) bond motifs is 2. The molecule has 0 saturated heterocycles. The van der Waals surface area contributed by atoms with Crippen molar-refractivity contribution >= 4 is 18.5 Å². The summed E-state index contributed by atoms with van der Waals surface area (Å²) in [4.78, 5) is 2.68. The fourth-order valence-corrected chi connectivity index (χ4v) is 5.80. The van der Waals surface area contributed by atoms with Crippen molar-refractivity contribution in [3.63, 3.8) is 0 Å². The van der Waals surface area contributed by atoms with Gasteiger partial charge in [0.15, 0.2) is 6.20 Å². The molecular formula is C30H37N4+. The molecular weight excluding hydrogens is 416 g/mol. The first-order chi connectivity index (χ1) is 16.6. The van der Waals surface area contributed by atoms with E-state index in [4.69, 9.17) is 5.10 Å². The standard InChI is InChI=1S/C30H37N4/c1-6-21-11-10-12-22(7-2)29(21)34-30(24-13-14-28-23(19-24)15-17-32(28)5)26-20-33(25(8-3)9-4)18-16-27(26)31-34/h10-15,17,19,25H,5-9,16,18,20H2,1-4H3/q+1. The van der Waals surface area contributed by atoms with Gasteiger partial charge in [-0.3, -0.25) is 4.90 Å². The minimum Gasteiger partial charge on any atom is -0.296 e. The molecule has 0 N–H and O–H groups in total. The SMILES string of the molecule is C=[N+]1C=Cc2cc(-c3c4c(nn3-c3c(CC)cccc3CC)CCN(C(CC)CC)C4)ccc21. The third-order valence-corrected chi connectivity index (χ3v) is 7.74. The highest BCUT2D eigenvalue weighted by Gasteiger charge is 2.30. The van der Waals surface area contributed by atoms with Gasteiger partial charge in [-0.25, -0.2) is 4.68 Å². The predicted octanol–water partition coefficient (Wildman–Crippen LogP) is 6.54. The van der Waals surface area contributed by atoms with Gasteiger partial charge in [0, 0.05) is 48.8 Å². The zero-order valence-electron chi connectivity index (χ0n) is 21.1. The van der Waals surface area contributed by atoms with Crippen molar-refractivity contribution in [2.45, 2.75) is 72.4 Å². The second kappa shape index (κ2) is 9.34. The Morgan fingerprint density at radius 3 is 2.44 bits per heavy atom. The first-order valence-corrected chi connectivity index (χ1v) is 13.0. The molecule has 2 aliphatic heterocycles. The largest absolute Gasteiger partial charge is 0.296 e. The van der Waals surface area contributed by atoms with Crippen molar-refractivity contribution in [3.8, 4) is 16.9 Å². The Morgan fingerprint density at radius 1 is 1.03 bits per heavy atom. The zero-order chi connectivity index (χ0) is 23.8. The van der Waals surface area contributed by atoms with Crippen molar-refractivity contribution in [2.24, 2.45) is 0 Å². The molecule has 5 rings (SSSR count). The number of rotatable bonds is 7. The third-order valence-electron chi connectivity index (χ3n) is 7.74. The zero-order valence-corrected chi connectivity index (χ0v) is 21.1. The lowest BCUT2D eigenvalue weighted by molar-refractivity contribution is -0.343. The summed E-state index contributed by atoms with van der Waals surface area (Å²) in [6, 6.07) is 14.1. The van der Waals surface area contributed by atoms with E-state index in [1.54, 1.807) is 0 Å². The molecule has 0 radical (unpaired) electrons. The van der Waals surface area contributed by atoms with Crippen molar-refractivity contribution in [2.75, 3.05) is 6.54 Å². The van der Waals surface area contributed by atoms with E-state index >= 15 is 0 Å². The topological polar surface area (TPSA) is 24.1 Å². The molecule has 4 nitrogen and oxygen atoms in total. The highest BCUT2D eigenvalue weighted by Crippen LogP contribution is 2.38. The van der Waals surface area contributed by atoms with Crippen LogP contribution in [0.5, 0.6) is 0 Å². The number of para-hydroxylation sites is 1. The van der Waals surface area contributed by atoms with Crippen molar-refractivity contribution in [3.05, 3.63) is 70.5 Å². The molecule has 1 aromatic heterocycles. The van der Waals surface area contributed by atoms with E-state index in [1.807, 2.05) is 10.8 Å². The molecule has 3 aromatic rings. The Balaban J connectivity index is 1.74. The van der Waals surface area contributed by atoms with Crippen LogP contribution in [0.1, 0.15) is 68.5 Å². The molecule has 3 heterocycles. The molecule has 0 bridgehead atoms. The summed E-state index contributed by atoms with van der Waals surface area (Å²) in [5, 5.41) is 5.32. The molecule has 0 unspecified atom stereocenters. The van der Waals surface area contributed by atoms with Gasteiger partial charge in [-0.1, -0.05) is 45.9 Å². The monoisotopic (exact) mass is 453 g/mol. The average molecular weight is 454 g/mol. The van der Waals surface area contributed by atoms with Crippen LogP contribution in [0.25, 0.3) is 23.0 Å². The van der Waals surface area contributed by atoms with Crippen LogP contribution in [-0.4, -0.2) is 38.6 Å². The van der Waals surface area contributed by atoms with Gasteiger partial charge in [-0.2, -0.15) is 9.67 Å². The van der Waals surface area contributed by atoms with Gasteiger partial charge >= 0.3 is 0 Å². The molecule has 4 heteroatoms. The summed E-state index contributed by atoms with van der Waals surface area (Å²) in [7, 11) is 0. The quantitative estimate of drug-likeness (QED) is 0.379. The van der Waals surface area contributed by atoms with Gasteiger partial charge in [0.2, 0.25) is 5.69 Å². The second-order valence-electron chi connectivity index (χ2n) is 9.57. The molecule has 0 atom stereocenters. The molecule has 0 amide bonds. The number of aryl methyl sites for hydroxylation is 2. The van der Waals surface area contributed by atoms with Gasteiger partial charge in [-0.15, -0.1) is 0 Å². The minimum atomic E-state index is 0.626. The Kier molecular flexibility index (Phi) is 6.26. The number of nitrogens with zero attached hydrogens (tertiary/aromatic N) is 4. The first kappa shape index (κ1) is 22.8. The Hall–Kier alpha value is -2.98. The highest BCUT2D eigenvalue weighted by atomic mass is 15.3. The molecule has 2 aromatic carbocycles. The van der Waals surface area contributed by atoms with Gasteiger partial charge < -0.3 is 0 Å². The molecule has 176 valence electrons. The second-order valence-corrected chi connectivity index (χ2v) is 9.57. The fraction of sp³-hybridized carbons (Fsp3) is 0.400. The van der Waals surface area contributed by atoms with Gasteiger partial charge in [0.1, 0.15) is 6.72 Å². The summed E-state index contributed by atoms with van der Waals surface area (Å²) < 4.78 is 4.24. The smallest absolute Gasteiger partial charge is 0.217 e. The average Bonchev–Trinajstić information content (AvgIpc) is 3.43. The van der Waals surface area contributed by atoms with Crippen LogP contribution in [0.4, 0.5) is 5.69 Å². The molecule has 0 saturated carbocycles. The van der Waals surface area contributed by atoms with Gasteiger partial charge in [-0.05, 0) is 48.9 Å². The van der Waals surface area contributed by atoms with E-state index in [9.17, 15) is 0 Å². The molecule has 2 aliphatic rings. The van der Waals surface area contributed by atoms with Crippen LogP contribution in [0, 0.1) is 0 Å². The van der Waals surface area contributed by atoms with E-state index in [0.717, 1.165) is 38.0 Å². The maximum Gasteiger partial charge on any atom is 0.217 e. The van der Waals surface area contributed by atoms with Crippen LogP contribution < -0.4 is 0 Å². The Morgan fingerprint density at radius 2 is 1.76 bits per heavy atom. The predicted molar refractivity (Wildman–Crippen MR) is 142 cm³/mol. The van der Waals surface area contributed by atoms with Crippen molar-refractivity contribution < 1.29 is 4.58 Å². The lowest BCUT2D eigenvalue weighted by Crippen LogP contribution is -2.38. The summed E-state index contributed by atoms with van der Waals surface area (Å²) in [6.07, 6.45) is 9.59. The van der Waals surface area contributed by atoms with Crippen LogP contribution >= 0.6 is 0 Å². The van der Waals surface area contributed by atoms with E-state index < -0.39 is 0 Å². The van der Waals surface area contributed by atoms with Crippen molar-refractivity contribution in [1.82, 2.24) is 14.7 Å². The van der Waals surface area contributed by atoms with E-state index in [2.05, 4.69) is 86.5 Å². The molecule has 0 spiro atoms. The summed E-state index contributed by atoms with van der Waals surface area (Å²) in [5.41, 5.74) is 11.6. The van der Waals surface area contributed by atoms with E-state index in [0.29, 0.717) is 6.04 Å². The summed E-state index contributed by atoms with van der Waals surface area (Å²) >= 11 is 0. The Labute approximate surface area is 204 Å². The summed E-state index contributed by atoms with van der Waals surface area (Å²) in [6.45, 7) is 15.3. The van der Waals surface area contributed by atoms with E-state index in [-0.39, 0.29) is 0 Å². The van der Waals surface area contributed by atoms with E-state index in [1.165, 1.54) is 57.7 Å². The van der Waals surface area contributed by atoms with Gasteiger partial charge in [0.05, 0.1) is 22.6 Å². The fourth-order valence-electron chi connectivity index (χ4n) is 5.80. The highest BCUT2D eigenvalue weighted by molar-refractivity contribution is 5.76. The normalized spacial score (nSPS) is 15.3. The molecule has 0 fully saturated rings. The minimum absolute atomic E-state index is 0.626. The number of benzene rings is 2. The number of hydrogen-bond donors (Lipinski definition) is 0. The molecule has 34 heavy (non-hydrogen) atoms. The van der Waals surface area contributed by atoms with Crippen LogP contribution in [0.3, 0.4) is 0 Å². The third kappa shape index (κ3) is 3.74. The maximum atomic E-state index is 5.32. The lowest BCUT2D eigenvalue weighted by Gasteiger charge is -2.33. The first-order valence-electron chi connectivity index (χ1n) is 13.0. The van der Waals surface area contributed by atoms with Crippen LogP contribution in [0.2, 0.25) is 0 Å². The van der Waals surface area contributed by atoms with Gasteiger partial charge in [0.25, 0.3) is 0 Å². The molecule has 0 aliphatic carbocycles. The van der Waals surface area contributed by atoms with Crippen LogP contribution in [-0.2, 0) is 25.8 Å². The van der Waals surface area contributed by atoms with Crippen LogP contribution in [0.15, 0.2) is 42.6 Å².